The Hall–Kier alpha value is -0.970. The lowest BCUT2D eigenvalue weighted by molar-refractivity contribution is -0.115. The Morgan fingerprint density at radius 1 is 1.21 bits per heavy atom. The largest absolute Gasteiger partial charge is 0.396 e. The molecule has 0 amide bonds. The summed E-state index contributed by atoms with van der Waals surface area (Å²) in [5.74, 6) is -0.0151. The zero-order valence-corrected chi connectivity index (χ0v) is 14.8. The molecule has 0 aromatic carbocycles. The molecule has 0 aromatic rings. The molecule has 0 spiro atoms. The first-order chi connectivity index (χ1) is 11.7. The Morgan fingerprint density at radius 3 is 2.79 bits per heavy atom. The summed E-state index contributed by atoms with van der Waals surface area (Å²) in [6.07, 6.45) is 14.2. The number of ketones is 1. The van der Waals surface area contributed by atoms with E-state index in [0.717, 1.165) is 37.7 Å². The lowest BCUT2D eigenvalue weighted by atomic mass is 9.95. The van der Waals surface area contributed by atoms with Crippen LogP contribution in [-0.2, 0) is 9.53 Å². The average molecular weight is 336 g/mol. The minimum atomic E-state index is -0.560. The van der Waals surface area contributed by atoms with Crippen molar-refractivity contribution in [3.63, 3.8) is 0 Å². The van der Waals surface area contributed by atoms with Crippen LogP contribution in [-0.4, -0.2) is 40.9 Å². The van der Waals surface area contributed by atoms with E-state index >= 15 is 0 Å². The number of unbranched alkanes of at least 4 members (excludes halogenated alkanes) is 4. The fourth-order valence-electron chi connectivity index (χ4n) is 3.41. The first kappa shape index (κ1) is 19.4. The predicted octanol–water partition coefficient (Wildman–Crippen LogP) is 3.32. The molecule has 0 radical (unpaired) electrons. The van der Waals surface area contributed by atoms with Gasteiger partial charge in [0.15, 0.2) is 5.78 Å². The van der Waals surface area contributed by atoms with Crippen LogP contribution in [0, 0.1) is 5.92 Å². The van der Waals surface area contributed by atoms with Crippen LogP contribution in [0.4, 0.5) is 0 Å². The third-order valence-corrected chi connectivity index (χ3v) is 4.97. The lowest BCUT2D eigenvalue weighted by Gasteiger charge is -2.12. The van der Waals surface area contributed by atoms with Gasteiger partial charge in [0.2, 0.25) is 0 Å². The Bertz CT molecular complexity index is 455. The number of allylic oxidation sites excluding steroid dienone is 2. The fraction of sp³-hybridized carbons (Fsp3) is 0.750. The molecule has 4 atom stereocenters. The van der Waals surface area contributed by atoms with Gasteiger partial charge in [-0.05, 0) is 50.2 Å². The normalized spacial score (nSPS) is 31.5. The van der Waals surface area contributed by atoms with Crippen molar-refractivity contribution in [2.24, 2.45) is 5.92 Å². The Morgan fingerprint density at radius 2 is 2.04 bits per heavy atom. The summed E-state index contributed by atoms with van der Waals surface area (Å²) in [6, 6.07) is 0. The summed E-state index contributed by atoms with van der Waals surface area (Å²) >= 11 is 0. The minimum Gasteiger partial charge on any atom is -0.396 e. The lowest BCUT2D eigenvalue weighted by Crippen LogP contribution is -2.14. The summed E-state index contributed by atoms with van der Waals surface area (Å²) in [4.78, 5) is 12.2. The average Bonchev–Trinajstić information content (AvgIpc) is 3.24. The molecule has 2 N–H and O–H groups in total. The van der Waals surface area contributed by atoms with Crippen LogP contribution in [0.25, 0.3) is 0 Å². The quantitative estimate of drug-likeness (QED) is 0.263. The number of carbonyl (C=O) groups is 1. The predicted molar refractivity (Wildman–Crippen MR) is 94.7 cm³/mol. The third-order valence-electron chi connectivity index (χ3n) is 4.97. The molecule has 2 aliphatic rings. The maximum atomic E-state index is 12.2. The first-order valence-electron chi connectivity index (χ1n) is 9.51. The highest BCUT2D eigenvalue weighted by atomic mass is 16.6. The molecule has 1 aliphatic carbocycles. The van der Waals surface area contributed by atoms with E-state index in [2.05, 4.69) is 19.1 Å². The van der Waals surface area contributed by atoms with Gasteiger partial charge in [0.25, 0.3) is 0 Å². The van der Waals surface area contributed by atoms with Crippen LogP contribution in [0.3, 0.4) is 0 Å². The van der Waals surface area contributed by atoms with Gasteiger partial charge in [0, 0.05) is 18.9 Å². The van der Waals surface area contributed by atoms with Crippen molar-refractivity contribution < 1.29 is 19.7 Å². The highest BCUT2D eigenvalue weighted by molar-refractivity contribution is 5.99. The van der Waals surface area contributed by atoms with Gasteiger partial charge in [-0.15, -0.1) is 0 Å². The van der Waals surface area contributed by atoms with E-state index in [1.54, 1.807) is 0 Å². The molecule has 4 heteroatoms. The molecule has 1 aliphatic heterocycles. The van der Waals surface area contributed by atoms with E-state index in [0.29, 0.717) is 0 Å². The van der Waals surface area contributed by atoms with Gasteiger partial charge in [-0.25, -0.2) is 0 Å². The van der Waals surface area contributed by atoms with Gasteiger partial charge in [0.05, 0.1) is 12.2 Å². The van der Waals surface area contributed by atoms with E-state index in [-0.39, 0.29) is 36.9 Å². The summed E-state index contributed by atoms with van der Waals surface area (Å²) in [5.41, 5.74) is 0.760. The van der Waals surface area contributed by atoms with Crippen molar-refractivity contribution in [2.45, 2.75) is 83.0 Å². The molecule has 1 saturated carbocycles. The van der Waals surface area contributed by atoms with Crippen molar-refractivity contribution in [1.82, 2.24) is 0 Å². The van der Waals surface area contributed by atoms with Gasteiger partial charge < -0.3 is 14.9 Å². The molecule has 24 heavy (non-hydrogen) atoms. The zero-order chi connectivity index (χ0) is 17.4. The smallest absolute Gasteiger partial charge is 0.161 e. The van der Waals surface area contributed by atoms with E-state index in [9.17, 15) is 9.90 Å². The maximum absolute atomic E-state index is 12.2. The molecule has 1 heterocycles. The van der Waals surface area contributed by atoms with Crippen LogP contribution < -0.4 is 0 Å². The molecular weight excluding hydrogens is 304 g/mol. The second-order valence-corrected chi connectivity index (χ2v) is 6.98. The molecule has 4 nitrogen and oxygen atoms in total. The molecule has 1 saturated heterocycles. The number of ether oxygens (including phenoxy) is 1. The highest BCUT2D eigenvalue weighted by Crippen LogP contribution is 2.36. The number of hydrogen-bond acceptors (Lipinski definition) is 4. The number of rotatable bonds is 11. The number of aliphatic hydroxyl groups excluding tert-OH is 2. The van der Waals surface area contributed by atoms with Crippen molar-refractivity contribution in [3.05, 3.63) is 23.8 Å². The van der Waals surface area contributed by atoms with Crippen molar-refractivity contribution >= 4 is 5.78 Å². The van der Waals surface area contributed by atoms with E-state index in [1.807, 2.05) is 6.08 Å². The van der Waals surface area contributed by atoms with Crippen LogP contribution >= 0.6 is 0 Å². The maximum Gasteiger partial charge on any atom is 0.161 e. The van der Waals surface area contributed by atoms with Crippen LogP contribution in [0.1, 0.15) is 64.7 Å². The zero-order valence-electron chi connectivity index (χ0n) is 14.8. The molecule has 0 bridgehead atoms. The molecular formula is C20H32O4. The van der Waals surface area contributed by atoms with Crippen LogP contribution in [0.5, 0.6) is 0 Å². The van der Waals surface area contributed by atoms with Gasteiger partial charge in [-0.3, -0.25) is 4.79 Å². The Kier molecular flexibility index (Phi) is 8.16. The molecule has 0 unspecified atom stereocenters. The fourth-order valence-corrected chi connectivity index (χ4v) is 3.41. The summed E-state index contributed by atoms with van der Waals surface area (Å²) in [5, 5.41) is 19.0. The number of hydrogen-bond donors (Lipinski definition) is 2. The topological polar surface area (TPSA) is 70.1 Å². The Balaban J connectivity index is 1.83. The monoisotopic (exact) mass is 336 g/mol. The van der Waals surface area contributed by atoms with Crippen molar-refractivity contribution in [1.29, 1.82) is 0 Å². The van der Waals surface area contributed by atoms with Gasteiger partial charge in [0.1, 0.15) is 6.10 Å². The van der Waals surface area contributed by atoms with Gasteiger partial charge in [-0.1, -0.05) is 31.9 Å². The number of epoxide rings is 1. The second-order valence-electron chi connectivity index (χ2n) is 6.98. The van der Waals surface area contributed by atoms with Crippen LogP contribution in [0.15, 0.2) is 23.8 Å². The molecule has 136 valence electrons. The van der Waals surface area contributed by atoms with Crippen molar-refractivity contribution in [3.8, 4) is 0 Å². The standard InChI is InChI=1S/C20H32O4/c1-2-3-4-5-6-7-10-15-16(18(23)14-17(15)22)13-20-19(24-20)11-8-9-12-21/h6-7,13,15,17,19-22H,2-5,8-12,14H2,1H3/b7-6-,16-13-/t15-,17-,19-,20-/m1/s1. The molecule has 2 rings (SSSR count). The summed E-state index contributed by atoms with van der Waals surface area (Å²) in [6.45, 7) is 2.41. The van der Waals surface area contributed by atoms with Gasteiger partial charge in [-0.2, -0.15) is 0 Å². The van der Waals surface area contributed by atoms with E-state index in [1.165, 1.54) is 19.3 Å². The Labute approximate surface area is 145 Å². The van der Waals surface area contributed by atoms with Crippen molar-refractivity contribution in [2.75, 3.05) is 6.61 Å². The number of carbonyl (C=O) groups excluding carboxylic acids is 1. The minimum absolute atomic E-state index is 0.0176. The summed E-state index contributed by atoms with van der Waals surface area (Å²) < 4.78 is 5.62. The van der Waals surface area contributed by atoms with Crippen LogP contribution in [0.2, 0.25) is 0 Å². The second kappa shape index (κ2) is 10.1. The SMILES string of the molecule is CCCCC/C=C\C[C@@H]1/C(=C/[C@H]2O[C@@H]2CCCCO)C(=O)C[C@H]1O. The number of aliphatic hydroxyl groups is 2. The summed E-state index contributed by atoms with van der Waals surface area (Å²) in [7, 11) is 0. The van der Waals surface area contributed by atoms with Gasteiger partial charge >= 0.3 is 0 Å². The van der Waals surface area contributed by atoms with E-state index in [4.69, 9.17) is 9.84 Å². The number of Topliss-reactive ketones (excluding diaryl/α,β-unsaturated/α-hetero) is 1. The highest BCUT2D eigenvalue weighted by Gasteiger charge is 2.41. The molecule has 2 fully saturated rings. The third kappa shape index (κ3) is 5.83. The van der Waals surface area contributed by atoms with E-state index < -0.39 is 6.10 Å². The molecule has 0 aromatic heterocycles. The first-order valence-corrected chi connectivity index (χ1v) is 9.51.